The summed E-state index contributed by atoms with van der Waals surface area (Å²) in [4.78, 5) is 6.10. The highest BCUT2D eigenvalue weighted by molar-refractivity contribution is 7.99. The van der Waals surface area contributed by atoms with Crippen LogP contribution in [0.15, 0.2) is 41.4 Å². The number of hydrogen-bond donors (Lipinski definition) is 2. The number of hydrogen-bond acceptors (Lipinski definition) is 6. The Morgan fingerprint density at radius 3 is 2.68 bits per heavy atom. The Balaban J connectivity index is 1.30. The van der Waals surface area contributed by atoms with Crippen LogP contribution >= 0.6 is 11.8 Å². The number of pyridine rings is 1. The van der Waals surface area contributed by atoms with Gasteiger partial charge in [-0.25, -0.2) is 4.98 Å². The van der Waals surface area contributed by atoms with Crippen molar-refractivity contribution in [1.82, 2.24) is 9.88 Å². The van der Waals surface area contributed by atoms with E-state index in [0.717, 1.165) is 43.1 Å². The molecule has 1 aliphatic carbocycles. The lowest BCUT2D eigenvalue weighted by molar-refractivity contribution is 0.0362. The third-order valence-electron chi connectivity index (χ3n) is 5.80. The SMILES string of the molecule is COc1cccc(CC2(O)C[C@H]3CN(CSc4ccc(O)c(F)n4)C[C@H]3C2)c1. The standard InChI is InChI=1S/C21H25FN2O3S/c1-27-17-4-2-3-14(7-17)8-21(26)9-15-11-24(12-16(15)10-21)13-28-19-6-5-18(25)20(22)23-19/h2-7,15-16,25-26H,8-13H2,1H3/t15-,16+,21?. The Hall–Kier alpha value is -1.83. The van der Waals surface area contributed by atoms with Gasteiger partial charge in [0.15, 0.2) is 5.75 Å². The van der Waals surface area contributed by atoms with Crippen molar-refractivity contribution in [2.75, 3.05) is 26.1 Å². The molecule has 5 nitrogen and oxygen atoms in total. The molecule has 1 aromatic carbocycles. The van der Waals surface area contributed by atoms with Crippen LogP contribution in [-0.2, 0) is 6.42 Å². The number of aromatic nitrogens is 1. The van der Waals surface area contributed by atoms with Gasteiger partial charge in [-0.15, -0.1) is 0 Å². The number of fused-ring (bicyclic) bond motifs is 1. The molecule has 7 heteroatoms. The van der Waals surface area contributed by atoms with Gasteiger partial charge in [-0.3, -0.25) is 4.90 Å². The number of aliphatic hydroxyl groups is 1. The van der Waals surface area contributed by atoms with Crippen LogP contribution in [0.1, 0.15) is 18.4 Å². The molecule has 2 aromatic rings. The zero-order valence-electron chi connectivity index (χ0n) is 15.8. The van der Waals surface area contributed by atoms with Crippen molar-refractivity contribution >= 4 is 11.8 Å². The molecule has 0 radical (unpaired) electrons. The van der Waals surface area contributed by atoms with Crippen LogP contribution in [0.25, 0.3) is 0 Å². The summed E-state index contributed by atoms with van der Waals surface area (Å²) in [6, 6.07) is 10.9. The average molecular weight is 405 g/mol. The van der Waals surface area contributed by atoms with Crippen LogP contribution in [0, 0.1) is 17.8 Å². The minimum absolute atomic E-state index is 0.421. The van der Waals surface area contributed by atoms with Crippen molar-refractivity contribution in [2.24, 2.45) is 11.8 Å². The molecule has 0 spiro atoms. The highest BCUT2D eigenvalue weighted by atomic mass is 32.2. The van der Waals surface area contributed by atoms with Gasteiger partial charge in [0.25, 0.3) is 5.95 Å². The van der Waals surface area contributed by atoms with Gasteiger partial charge < -0.3 is 14.9 Å². The molecule has 2 fully saturated rings. The number of nitrogens with zero attached hydrogens (tertiary/aromatic N) is 2. The van der Waals surface area contributed by atoms with E-state index in [2.05, 4.69) is 9.88 Å². The normalized spacial score (nSPS) is 27.1. The summed E-state index contributed by atoms with van der Waals surface area (Å²) in [7, 11) is 1.66. The Morgan fingerprint density at radius 2 is 2.00 bits per heavy atom. The van der Waals surface area contributed by atoms with Gasteiger partial charge in [0.2, 0.25) is 0 Å². The second kappa shape index (κ2) is 7.89. The molecule has 1 aromatic heterocycles. The summed E-state index contributed by atoms with van der Waals surface area (Å²) in [5.41, 5.74) is 0.456. The quantitative estimate of drug-likeness (QED) is 0.569. The molecule has 1 saturated heterocycles. The zero-order chi connectivity index (χ0) is 19.7. The lowest BCUT2D eigenvalue weighted by Gasteiger charge is -2.26. The van der Waals surface area contributed by atoms with Gasteiger partial charge in [0.1, 0.15) is 10.8 Å². The van der Waals surface area contributed by atoms with E-state index < -0.39 is 17.3 Å². The summed E-state index contributed by atoms with van der Waals surface area (Å²) in [6.07, 6.45) is 2.27. The molecular formula is C21H25FN2O3S. The van der Waals surface area contributed by atoms with Gasteiger partial charge >= 0.3 is 0 Å². The molecule has 2 heterocycles. The van der Waals surface area contributed by atoms with Gasteiger partial charge in [0, 0.05) is 19.5 Å². The number of methoxy groups -OCH3 is 1. The van der Waals surface area contributed by atoms with E-state index in [1.807, 2.05) is 24.3 Å². The summed E-state index contributed by atoms with van der Waals surface area (Å²) in [6.45, 7) is 1.89. The van der Waals surface area contributed by atoms with Gasteiger partial charge in [-0.1, -0.05) is 23.9 Å². The molecule has 2 aliphatic rings. The fourth-order valence-electron chi connectivity index (χ4n) is 4.62. The number of rotatable bonds is 6. The van der Waals surface area contributed by atoms with E-state index in [9.17, 15) is 14.6 Å². The average Bonchev–Trinajstić information content (AvgIpc) is 3.17. The predicted molar refractivity (Wildman–Crippen MR) is 106 cm³/mol. The molecule has 2 N–H and O–H groups in total. The Bertz CT molecular complexity index is 836. The number of halogens is 1. The number of aromatic hydroxyl groups is 1. The molecule has 150 valence electrons. The first-order chi connectivity index (χ1) is 13.4. The largest absolute Gasteiger partial charge is 0.504 e. The Labute approximate surface area is 168 Å². The summed E-state index contributed by atoms with van der Waals surface area (Å²) in [5, 5.41) is 20.9. The van der Waals surface area contributed by atoms with Crippen LogP contribution in [-0.4, -0.2) is 51.8 Å². The first-order valence-electron chi connectivity index (χ1n) is 9.50. The first kappa shape index (κ1) is 19.5. The minimum atomic E-state index is -0.828. The van der Waals surface area contributed by atoms with Crippen molar-refractivity contribution in [2.45, 2.75) is 29.9 Å². The fraction of sp³-hybridized carbons (Fsp3) is 0.476. The van der Waals surface area contributed by atoms with Crippen LogP contribution in [0.2, 0.25) is 0 Å². The van der Waals surface area contributed by atoms with Gasteiger partial charge in [-0.05, 0) is 54.5 Å². The molecule has 0 bridgehead atoms. The second-order valence-corrected chi connectivity index (χ2v) is 8.92. The lowest BCUT2D eigenvalue weighted by Crippen LogP contribution is -2.32. The first-order valence-corrected chi connectivity index (χ1v) is 10.5. The van der Waals surface area contributed by atoms with E-state index in [-0.39, 0.29) is 0 Å². The Kier molecular flexibility index (Phi) is 5.49. The molecule has 1 saturated carbocycles. The molecule has 4 rings (SSSR count). The maximum Gasteiger partial charge on any atom is 0.256 e. The monoisotopic (exact) mass is 404 g/mol. The number of likely N-dealkylation sites (tertiary alicyclic amines) is 1. The molecular weight excluding hydrogens is 379 g/mol. The van der Waals surface area contributed by atoms with E-state index >= 15 is 0 Å². The van der Waals surface area contributed by atoms with Crippen LogP contribution in [0.3, 0.4) is 0 Å². The van der Waals surface area contributed by atoms with Crippen LogP contribution in [0.5, 0.6) is 11.5 Å². The van der Waals surface area contributed by atoms with Crippen molar-refractivity contribution in [3.63, 3.8) is 0 Å². The third-order valence-corrected chi connectivity index (χ3v) is 6.82. The van der Waals surface area contributed by atoms with E-state index in [0.29, 0.717) is 23.3 Å². The predicted octanol–water partition coefficient (Wildman–Crippen LogP) is 3.30. The van der Waals surface area contributed by atoms with E-state index in [1.54, 1.807) is 13.2 Å². The highest BCUT2D eigenvalue weighted by Gasteiger charge is 2.48. The summed E-state index contributed by atoms with van der Waals surface area (Å²) >= 11 is 1.47. The van der Waals surface area contributed by atoms with Crippen LogP contribution < -0.4 is 4.74 Å². The van der Waals surface area contributed by atoms with Gasteiger partial charge in [-0.2, -0.15) is 4.39 Å². The van der Waals surface area contributed by atoms with Gasteiger partial charge in [0.05, 0.1) is 18.6 Å². The van der Waals surface area contributed by atoms with Crippen molar-refractivity contribution in [3.8, 4) is 11.5 Å². The Morgan fingerprint density at radius 1 is 1.25 bits per heavy atom. The van der Waals surface area contributed by atoms with Crippen LogP contribution in [0.4, 0.5) is 4.39 Å². The van der Waals surface area contributed by atoms with Crippen molar-refractivity contribution < 1.29 is 19.3 Å². The number of ether oxygens (including phenoxy) is 1. The molecule has 28 heavy (non-hydrogen) atoms. The highest BCUT2D eigenvalue weighted by Crippen LogP contribution is 2.45. The maximum absolute atomic E-state index is 13.4. The molecule has 3 atom stereocenters. The lowest BCUT2D eigenvalue weighted by atomic mass is 9.91. The minimum Gasteiger partial charge on any atom is -0.504 e. The molecule has 1 aliphatic heterocycles. The topological polar surface area (TPSA) is 65.8 Å². The summed E-state index contributed by atoms with van der Waals surface area (Å²) < 4.78 is 18.6. The second-order valence-electron chi connectivity index (χ2n) is 7.95. The number of benzene rings is 1. The maximum atomic E-state index is 13.4. The smallest absolute Gasteiger partial charge is 0.256 e. The zero-order valence-corrected chi connectivity index (χ0v) is 16.7. The van der Waals surface area contributed by atoms with Crippen molar-refractivity contribution in [1.29, 1.82) is 0 Å². The molecule has 1 unspecified atom stereocenters. The fourth-order valence-corrected chi connectivity index (χ4v) is 5.45. The molecule has 0 amide bonds. The van der Waals surface area contributed by atoms with Crippen molar-refractivity contribution in [3.05, 3.63) is 47.9 Å². The van der Waals surface area contributed by atoms with E-state index in [4.69, 9.17) is 4.74 Å². The summed E-state index contributed by atoms with van der Waals surface area (Å²) in [5.74, 6) is 1.28. The van der Waals surface area contributed by atoms with E-state index in [1.165, 1.54) is 17.8 Å². The number of thioether (sulfide) groups is 1. The third kappa shape index (κ3) is 4.26.